The van der Waals surface area contributed by atoms with E-state index in [0.29, 0.717) is 25.2 Å². The number of ketones is 1. The van der Waals surface area contributed by atoms with Crippen molar-refractivity contribution in [2.24, 2.45) is 28.2 Å². The molecular weight excluding hydrogens is 288 g/mol. The lowest BCUT2D eigenvalue weighted by Crippen LogP contribution is -2.47. The Morgan fingerprint density at radius 2 is 1.43 bits per heavy atom. The zero-order chi connectivity index (χ0) is 15.5. The number of rotatable bonds is 5. The number of carbonyl (C=O) groups excluding carboxylic acids is 2. The second-order valence-electron chi connectivity index (χ2n) is 6.94. The highest BCUT2D eigenvalue weighted by Gasteiger charge is 2.46. The second kappa shape index (κ2) is 6.76. The van der Waals surface area contributed by atoms with Crippen molar-refractivity contribution in [1.82, 2.24) is 0 Å². The molecular formula is C16H27ClN2O2. The van der Waals surface area contributed by atoms with Gasteiger partial charge in [-0.15, -0.1) is 0 Å². The van der Waals surface area contributed by atoms with E-state index in [0.717, 1.165) is 38.5 Å². The molecule has 0 amide bonds. The van der Waals surface area contributed by atoms with Crippen LogP contribution in [0.1, 0.15) is 57.8 Å². The van der Waals surface area contributed by atoms with Crippen molar-refractivity contribution in [2.45, 2.75) is 57.8 Å². The molecule has 0 atom stereocenters. The number of Topliss-reactive ketones (excluding diaryl/α,β-unsaturated/α-hetero) is 1. The van der Waals surface area contributed by atoms with Gasteiger partial charge in [-0.1, -0.05) is 19.3 Å². The molecule has 0 heterocycles. The number of hydrogen-bond acceptors (Lipinski definition) is 4. The lowest BCUT2D eigenvalue weighted by Gasteiger charge is -2.41. The first kappa shape index (κ1) is 16.9. The summed E-state index contributed by atoms with van der Waals surface area (Å²) < 4.78 is 0. The molecule has 0 aromatic heterocycles. The first-order chi connectivity index (χ1) is 9.99. The van der Waals surface area contributed by atoms with Crippen LogP contribution in [0.5, 0.6) is 0 Å². The molecule has 0 spiro atoms. The van der Waals surface area contributed by atoms with Crippen LogP contribution in [0.4, 0.5) is 0 Å². The Bertz CT molecular complexity index is 397. The van der Waals surface area contributed by atoms with E-state index < -0.39 is 5.41 Å². The van der Waals surface area contributed by atoms with Crippen LogP contribution in [-0.4, -0.2) is 24.1 Å². The quantitative estimate of drug-likeness (QED) is 0.763. The van der Waals surface area contributed by atoms with Crippen molar-refractivity contribution in [3.63, 3.8) is 0 Å². The third-order valence-corrected chi connectivity index (χ3v) is 6.25. The molecule has 5 heteroatoms. The summed E-state index contributed by atoms with van der Waals surface area (Å²) in [5, 5.41) is -0.345. The van der Waals surface area contributed by atoms with Gasteiger partial charge in [0.15, 0.2) is 0 Å². The van der Waals surface area contributed by atoms with Crippen LogP contribution in [0, 0.1) is 16.7 Å². The average Bonchev–Trinajstić information content (AvgIpc) is 2.54. The molecule has 0 bridgehead atoms. The maximum absolute atomic E-state index is 12.9. The normalized spacial score (nSPS) is 32.6. The minimum Gasteiger partial charge on any atom is -0.329 e. The highest BCUT2D eigenvalue weighted by molar-refractivity contribution is 6.64. The van der Waals surface area contributed by atoms with Crippen LogP contribution in [0.15, 0.2) is 0 Å². The molecule has 2 rings (SSSR count). The van der Waals surface area contributed by atoms with Gasteiger partial charge in [0.25, 0.3) is 0 Å². The monoisotopic (exact) mass is 314 g/mol. The maximum atomic E-state index is 12.9. The standard InChI is InChI=1S/C16H27ClN2O2/c17-14(21)16(11-19)8-4-12(5-9-16)13(20)15(10-18)6-2-1-3-7-15/h12H,1-11,18-19H2/t12-,16-. The van der Waals surface area contributed by atoms with Crippen LogP contribution in [-0.2, 0) is 9.59 Å². The van der Waals surface area contributed by atoms with Gasteiger partial charge in [0.05, 0.1) is 5.41 Å². The smallest absolute Gasteiger partial charge is 0.229 e. The average molecular weight is 315 g/mol. The summed E-state index contributed by atoms with van der Waals surface area (Å²) in [6, 6.07) is 0. The van der Waals surface area contributed by atoms with Crippen molar-refractivity contribution in [1.29, 1.82) is 0 Å². The number of carbonyl (C=O) groups is 2. The van der Waals surface area contributed by atoms with Crippen molar-refractivity contribution in [3.05, 3.63) is 0 Å². The fourth-order valence-electron chi connectivity index (χ4n) is 4.13. The van der Waals surface area contributed by atoms with E-state index in [9.17, 15) is 9.59 Å². The first-order valence-corrected chi connectivity index (χ1v) is 8.52. The fraction of sp³-hybridized carbons (Fsp3) is 0.875. The van der Waals surface area contributed by atoms with Crippen molar-refractivity contribution >= 4 is 22.6 Å². The number of nitrogens with two attached hydrogens (primary N) is 2. The molecule has 4 N–H and O–H groups in total. The second-order valence-corrected chi connectivity index (χ2v) is 7.29. The highest BCUT2D eigenvalue weighted by Crippen LogP contribution is 2.45. The summed E-state index contributed by atoms with van der Waals surface area (Å²) >= 11 is 5.72. The Morgan fingerprint density at radius 3 is 1.86 bits per heavy atom. The third-order valence-electron chi connectivity index (χ3n) is 5.85. The molecule has 0 aromatic rings. The molecule has 0 saturated heterocycles. The molecule has 2 aliphatic carbocycles. The van der Waals surface area contributed by atoms with Gasteiger partial charge >= 0.3 is 0 Å². The molecule has 0 unspecified atom stereocenters. The predicted octanol–water partition coefficient (Wildman–Crippen LogP) is 2.37. The minimum atomic E-state index is -0.610. The molecule has 0 aromatic carbocycles. The van der Waals surface area contributed by atoms with Crippen LogP contribution in [0.25, 0.3) is 0 Å². The number of hydrogen-bond donors (Lipinski definition) is 2. The summed E-state index contributed by atoms with van der Waals surface area (Å²) in [6.45, 7) is 0.733. The van der Waals surface area contributed by atoms with Crippen LogP contribution in [0.2, 0.25) is 0 Å². The predicted molar refractivity (Wildman–Crippen MR) is 83.9 cm³/mol. The summed E-state index contributed by atoms with van der Waals surface area (Å²) in [4.78, 5) is 24.6. The Kier molecular flexibility index (Phi) is 5.44. The van der Waals surface area contributed by atoms with Gasteiger partial charge < -0.3 is 11.5 Å². The summed E-state index contributed by atoms with van der Waals surface area (Å²) in [5.41, 5.74) is 10.8. The molecule has 2 saturated carbocycles. The zero-order valence-corrected chi connectivity index (χ0v) is 13.5. The van der Waals surface area contributed by atoms with E-state index in [-0.39, 0.29) is 23.1 Å². The maximum Gasteiger partial charge on any atom is 0.229 e. The molecule has 2 fully saturated rings. The van der Waals surface area contributed by atoms with Crippen LogP contribution < -0.4 is 11.5 Å². The molecule has 21 heavy (non-hydrogen) atoms. The Morgan fingerprint density at radius 1 is 0.905 bits per heavy atom. The van der Waals surface area contributed by atoms with E-state index >= 15 is 0 Å². The van der Waals surface area contributed by atoms with Gasteiger partial charge in [-0.25, -0.2) is 0 Å². The first-order valence-electron chi connectivity index (χ1n) is 8.14. The van der Waals surface area contributed by atoms with Gasteiger partial charge in [-0.3, -0.25) is 9.59 Å². The van der Waals surface area contributed by atoms with Crippen molar-refractivity contribution in [3.8, 4) is 0 Å². The van der Waals surface area contributed by atoms with E-state index in [1.165, 1.54) is 6.42 Å². The summed E-state index contributed by atoms with van der Waals surface area (Å²) in [7, 11) is 0. The van der Waals surface area contributed by atoms with Crippen molar-refractivity contribution in [2.75, 3.05) is 13.1 Å². The Balaban J connectivity index is 2.04. The van der Waals surface area contributed by atoms with Crippen molar-refractivity contribution < 1.29 is 9.59 Å². The van der Waals surface area contributed by atoms with Gasteiger partial charge in [-0.2, -0.15) is 0 Å². The summed E-state index contributed by atoms with van der Waals surface area (Å²) in [6.07, 6.45) is 7.95. The zero-order valence-electron chi connectivity index (χ0n) is 12.7. The van der Waals surface area contributed by atoms with E-state index in [1.54, 1.807) is 0 Å². The lowest BCUT2D eigenvalue weighted by atomic mass is 9.63. The Labute approximate surface area is 132 Å². The largest absolute Gasteiger partial charge is 0.329 e. The van der Waals surface area contributed by atoms with E-state index in [1.807, 2.05) is 0 Å². The molecule has 2 aliphatic rings. The van der Waals surface area contributed by atoms with Gasteiger partial charge in [0.1, 0.15) is 5.78 Å². The molecule has 0 aliphatic heterocycles. The van der Waals surface area contributed by atoms with Gasteiger partial charge in [0.2, 0.25) is 5.24 Å². The van der Waals surface area contributed by atoms with E-state index in [4.69, 9.17) is 23.1 Å². The molecule has 4 nitrogen and oxygen atoms in total. The SMILES string of the molecule is NCC1(C(=O)[C@H]2CC[C@](CN)(C(=O)Cl)CC2)CCCCC1. The van der Waals surface area contributed by atoms with Gasteiger partial charge in [-0.05, 0) is 50.1 Å². The highest BCUT2D eigenvalue weighted by atomic mass is 35.5. The third kappa shape index (κ3) is 3.17. The fourth-order valence-corrected chi connectivity index (χ4v) is 4.39. The van der Waals surface area contributed by atoms with Crippen LogP contribution >= 0.6 is 11.6 Å². The number of halogens is 1. The van der Waals surface area contributed by atoms with E-state index in [2.05, 4.69) is 0 Å². The molecule has 0 radical (unpaired) electrons. The van der Waals surface area contributed by atoms with Crippen LogP contribution in [0.3, 0.4) is 0 Å². The molecule has 120 valence electrons. The minimum absolute atomic E-state index is 0.0299. The topological polar surface area (TPSA) is 86.2 Å². The summed E-state index contributed by atoms with van der Waals surface area (Å²) in [5.74, 6) is 0.361. The lowest BCUT2D eigenvalue weighted by molar-refractivity contribution is -0.137. The van der Waals surface area contributed by atoms with Gasteiger partial charge in [0, 0.05) is 24.4 Å². The Hall–Kier alpha value is -0.450.